The molecule has 0 unspecified atom stereocenters. The maximum absolute atomic E-state index is 10.6. The Morgan fingerprint density at radius 2 is 2.31 bits per heavy atom. The van der Waals surface area contributed by atoms with Crippen LogP contribution in [0.15, 0.2) is 23.7 Å². The van der Waals surface area contributed by atoms with Crippen LogP contribution in [0.3, 0.4) is 0 Å². The van der Waals surface area contributed by atoms with Gasteiger partial charge < -0.3 is 21.1 Å². The van der Waals surface area contributed by atoms with Crippen molar-refractivity contribution in [1.29, 1.82) is 0 Å². The lowest BCUT2D eigenvalue weighted by atomic mass is 10.3. The summed E-state index contributed by atoms with van der Waals surface area (Å²) in [5.74, 6) is -0.105. The van der Waals surface area contributed by atoms with Crippen LogP contribution >= 0.6 is 0 Å². The average Bonchev–Trinajstić information content (AvgIpc) is 2.66. The van der Waals surface area contributed by atoms with Crippen molar-refractivity contribution in [2.24, 2.45) is 5.73 Å². The summed E-state index contributed by atoms with van der Waals surface area (Å²) in [6.07, 6.45) is 3.81. The van der Waals surface area contributed by atoms with Crippen molar-refractivity contribution in [3.05, 3.63) is 23.7 Å². The number of hydrogen-bond donors (Lipinski definition) is 3. The van der Waals surface area contributed by atoms with Crippen LogP contribution in [-0.4, -0.2) is 53.7 Å². The minimum absolute atomic E-state index is 0.106. The topological polar surface area (TPSA) is 81.8 Å². The summed E-state index contributed by atoms with van der Waals surface area (Å²) in [5, 5.41) is 11.8. The Bertz CT molecular complexity index is 351. The molecule has 16 heavy (non-hydrogen) atoms. The fourth-order valence-electron chi connectivity index (χ4n) is 1.91. The van der Waals surface area contributed by atoms with Crippen molar-refractivity contribution in [2.75, 3.05) is 32.8 Å². The van der Waals surface area contributed by atoms with Crippen molar-refractivity contribution in [2.45, 2.75) is 0 Å². The van der Waals surface area contributed by atoms with Crippen LogP contribution in [0.4, 0.5) is 0 Å². The molecule has 1 saturated heterocycles. The summed E-state index contributed by atoms with van der Waals surface area (Å²) in [4.78, 5) is 14.6. The number of rotatable bonds is 3. The third kappa shape index (κ3) is 2.46. The molecule has 0 spiro atoms. The van der Waals surface area contributed by atoms with Crippen molar-refractivity contribution in [3.63, 3.8) is 0 Å². The van der Waals surface area contributed by atoms with Gasteiger partial charge in [-0.1, -0.05) is 0 Å². The summed E-state index contributed by atoms with van der Waals surface area (Å²) in [6, 6.07) is 0. The van der Waals surface area contributed by atoms with E-state index in [0.29, 0.717) is 19.0 Å². The van der Waals surface area contributed by atoms with Gasteiger partial charge in [-0.25, -0.2) is 0 Å². The lowest BCUT2D eigenvalue weighted by molar-refractivity contribution is -0.138. The molecule has 6 heteroatoms. The van der Waals surface area contributed by atoms with Gasteiger partial charge in [0.15, 0.2) is 0 Å². The zero-order chi connectivity index (χ0) is 11.5. The molecule has 0 saturated carbocycles. The minimum atomic E-state index is -0.776. The van der Waals surface area contributed by atoms with Crippen molar-refractivity contribution < 1.29 is 9.90 Å². The van der Waals surface area contributed by atoms with E-state index in [4.69, 9.17) is 10.8 Å². The second kappa shape index (κ2) is 4.44. The fourth-order valence-corrected chi connectivity index (χ4v) is 1.91. The van der Waals surface area contributed by atoms with E-state index in [-0.39, 0.29) is 6.54 Å². The molecule has 4 N–H and O–H groups in total. The van der Waals surface area contributed by atoms with E-state index in [1.54, 1.807) is 0 Å². The molecular weight excluding hydrogens is 208 g/mol. The molecule has 0 bridgehead atoms. The molecule has 0 atom stereocenters. The number of dihydropyridines is 1. The zero-order valence-electron chi connectivity index (χ0n) is 9.02. The maximum atomic E-state index is 10.6. The van der Waals surface area contributed by atoms with Crippen LogP contribution in [0.1, 0.15) is 0 Å². The Balaban J connectivity index is 1.91. The second-order valence-corrected chi connectivity index (χ2v) is 3.98. The van der Waals surface area contributed by atoms with Crippen LogP contribution in [0.5, 0.6) is 0 Å². The molecule has 0 aromatic rings. The Morgan fingerprint density at radius 3 is 2.94 bits per heavy atom. The van der Waals surface area contributed by atoms with E-state index in [0.717, 1.165) is 18.8 Å². The number of allylic oxidation sites excluding steroid dienone is 2. The van der Waals surface area contributed by atoms with E-state index >= 15 is 0 Å². The summed E-state index contributed by atoms with van der Waals surface area (Å²) in [7, 11) is 0. The minimum Gasteiger partial charge on any atom is -0.480 e. The third-order valence-corrected chi connectivity index (χ3v) is 2.75. The highest BCUT2D eigenvalue weighted by molar-refractivity contribution is 5.69. The SMILES string of the molecule is NC1=CC=C(N2CCN(CC(=O)O)C2)CN1. The third-order valence-electron chi connectivity index (χ3n) is 2.75. The highest BCUT2D eigenvalue weighted by Crippen LogP contribution is 2.13. The number of nitrogens with two attached hydrogens (primary N) is 1. The second-order valence-electron chi connectivity index (χ2n) is 3.98. The lowest BCUT2D eigenvalue weighted by Gasteiger charge is -2.24. The quantitative estimate of drug-likeness (QED) is 0.566. The molecule has 0 aromatic carbocycles. The molecule has 1 fully saturated rings. The first-order valence-electron chi connectivity index (χ1n) is 5.24. The Labute approximate surface area is 94.0 Å². The number of aliphatic carboxylic acids is 1. The highest BCUT2D eigenvalue weighted by atomic mass is 16.4. The molecule has 2 heterocycles. The number of nitrogens with one attached hydrogen (secondary N) is 1. The Kier molecular flexibility index (Phi) is 3.00. The van der Waals surface area contributed by atoms with Crippen LogP contribution in [0.25, 0.3) is 0 Å². The van der Waals surface area contributed by atoms with Gasteiger partial charge in [0.05, 0.1) is 25.6 Å². The first-order chi connectivity index (χ1) is 7.65. The van der Waals surface area contributed by atoms with Crippen LogP contribution in [0, 0.1) is 0 Å². The molecule has 2 aliphatic heterocycles. The number of carboxylic acid groups (broad SMARTS) is 1. The molecule has 88 valence electrons. The van der Waals surface area contributed by atoms with Crippen molar-refractivity contribution in [1.82, 2.24) is 15.1 Å². The largest absolute Gasteiger partial charge is 0.480 e. The van der Waals surface area contributed by atoms with Gasteiger partial charge in [-0.05, 0) is 12.2 Å². The zero-order valence-corrected chi connectivity index (χ0v) is 9.02. The van der Waals surface area contributed by atoms with E-state index in [1.165, 1.54) is 0 Å². The standard InChI is InChI=1S/C10H16N4O2/c11-9-2-1-8(5-12-9)14-4-3-13(7-14)6-10(15)16/h1-2,12H,3-7,11H2,(H,15,16). The number of carbonyl (C=O) groups is 1. The van der Waals surface area contributed by atoms with Crippen LogP contribution < -0.4 is 11.1 Å². The summed E-state index contributed by atoms with van der Waals surface area (Å²) in [5.41, 5.74) is 6.74. The molecule has 0 aromatic heterocycles. The van der Waals surface area contributed by atoms with E-state index < -0.39 is 5.97 Å². The maximum Gasteiger partial charge on any atom is 0.317 e. The number of carboxylic acids is 1. The Morgan fingerprint density at radius 1 is 1.50 bits per heavy atom. The van der Waals surface area contributed by atoms with Crippen molar-refractivity contribution >= 4 is 5.97 Å². The summed E-state index contributed by atoms with van der Waals surface area (Å²) < 4.78 is 0. The van der Waals surface area contributed by atoms with Gasteiger partial charge in [0.1, 0.15) is 0 Å². The fraction of sp³-hybridized carbons (Fsp3) is 0.500. The van der Waals surface area contributed by atoms with Gasteiger partial charge in [0, 0.05) is 18.8 Å². The van der Waals surface area contributed by atoms with Gasteiger partial charge in [0.25, 0.3) is 0 Å². The van der Waals surface area contributed by atoms with Crippen LogP contribution in [0.2, 0.25) is 0 Å². The molecule has 0 amide bonds. The van der Waals surface area contributed by atoms with Gasteiger partial charge in [0.2, 0.25) is 0 Å². The predicted molar refractivity (Wildman–Crippen MR) is 59.1 cm³/mol. The highest BCUT2D eigenvalue weighted by Gasteiger charge is 2.23. The summed E-state index contributed by atoms with van der Waals surface area (Å²) >= 11 is 0. The van der Waals surface area contributed by atoms with Crippen LogP contribution in [-0.2, 0) is 4.79 Å². The monoisotopic (exact) mass is 224 g/mol. The van der Waals surface area contributed by atoms with E-state index in [1.807, 2.05) is 17.1 Å². The number of hydrogen-bond acceptors (Lipinski definition) is 5. The first kappa shape index (κ1) is 10.8. The van der Waals surface area contributed by atoms with E-state index in [2.05, 4.69) is 10.2 Å². The smallest absolute Gasteiger partial charge is 0.317 e. The molecule has 0 aliphatic carbocycles. The lowest BCUT2D eigenvalue weighted by Crippen LogP contribution is -2.34. The molecule has 2 rings (SSSR count). The molecular formula is C10H16N4O2. The van der Waals surface area contributed by atoms with E-state index in [9.17, 15) is 4.79 Å². The molecule has 6 nitrogen and oxygen atoms in total. The van der Waals surface area contributed by atoms with Gasteiger partial charge in [-0.15, -0.1) is 0 Å². The van der Waals surface area contributed by atoms with Gasteiger partial charge in [-0.3, -0.25) is 9.69 Å². The Hall–Kier alpha value is -1.69. The normalized spacial score (nSPS) is 21.4. The molecule has 0 radical (unpaired) electrons. The number of nitrogens with zero attached hydrogens (tertiary/aromatic N) is 2. The summed E-state index contributed by atoms with van der Waals surface area (Å²) in [6.45, 7) is 3.16. The van der Waals surface area contributed by atoms with Gasteiger partial charge >= 0.3 is 5.97 Å². The van der Waals surface area contributed by atoms with Crippen molar-refractivity contribution in [3.8, 4) is 0 Å². The predicted octanol–water partition coefficient (Wildman–Crippen LogP) is -1.07. The average molecular weight is 224 g/mol. The molecule has 2 aliphatic rings. The first-order valence-corrected chi connectivity index (χ1v) is 5.24. The van der Waals surface area contributed by atoms with Gasteiger partial charge in [-0.2, -0.15) is 0 Å².